The molecule has 0 radical (unpaired) electrons. The molecule has 5 nitrogen and oxygen atoms in total. The van der Waals surface area contributed by atoms with Crippen LogP contribution < -0.4 is 10.0 Å². The van der Waals surface area contributed by atoms with Crippen LogP contribution in [0.15, 0.2) is 9.98 Å². The number of hydrogen-bond donors (Lipinski definition) is 2. The van der Waals surface area contributed by atoms with Gasteiger partial charge in [-0.3, -0.25) is 4.72 Å². The number of sulfonamides is 1. The molecule has 2 heterocycles. The molecule has 0 aliphatic carbocycles. The number of halogens is 1. The van der Waals surface area contributed by atoms with Crippen molar-refractivity contribution in [3.63, 3.8) is 0 Å². The molecule has 1 aliphatic heterocycles. The lowest BCUT2D eigenvalue weighted by Crippen LogP contribution is -2.36. The van der Waals surface area contributed by atoms with E-state index in [4.69, 9.17) is 0 Å². The molecule has 102 valence electrons. The van der Waals surface area contributed by atoms with Gasteiger partial charge in [0, 0.05) is 6.04 Å². The highest BCUT2D eigenvalue weighted by atomic mass is 79.9. The topological polar surface area (TPSA) is 71.1 Å². The molecule has 1 aliphatic rings. The number of hydrogen-bond acceptors (Lipinski definition) is 5. The summed E-state index contributed by atoms with van der Waals surface area (Å²) in [6, 6.07) is 0.332. The third-order valence-corrected chi connectivity index (χ3v) is 5.67. The van der Waals surface area contributed by atoms with Gasteiger partial charge in [-0.2, -0.15) is 0 Å². The summed E-state index contributed by atoms with van der Waals surface area (Å²) in [4.78, 5) is 3.96. The number of thiazole rings is 1. The zero-order chi connectivity index (χ0) is 13.0. The Morgan fingerprint density at radius 3 is 3.00 bits per heavy atom. The highest BCUT2D eigenvalue weighted by Gasteiger charge is 2.18. The van der Waals surface area contributed by atoms with E-state index in [1.165, 1.54) is 24.2 Å². The number of piperidine rings is 1. The Labute approximate surface area is 120 Å². The van der Waals surface area contributed by atoms with E-state index in [1.807, 2.05) is 0 Å². The first-order valence-electron chi connectivity index (χ1n) is 5.90. The van der Waals surface area contributed by atoms with Crippen LogP contribution in [0.3, 0.4) is 0 Å². The van der Waals surface area contributed by atoms with Gasteiger partial charge in [-0.1, -0.05) is 17.8 Å². The molecule has 2 N–H and O–H groups in total. The Balaban J connectivity index is 1.83. The predicted molar refractivity (Wildman–Crippen MR) is 77.5 cm³/mol. The van der Waals surface area contributed by atoms with Crippen molar-refractivity contribution in [2.75, 3.05) is 17.0 Å². The van der Waals surface area contributed by atoms with Gasteiger partial charge >= 0.3 is 0 Å². The van der Waals surface area contributed by atoms with E-state index in [9.17, 15) is 8.42 Å². The van der Waals surface area contributed by atoms with Crippen molar-refractivity contribution >= 4 is 42.4 Å². The van der Waals surface area contributed by atoms with E-state index in [2.05, 4.69) is 31.0 Å². The average Bonchev–Trinajstić information content (AvgIpc) is 2.73. The van der Waals surface area contributed by atoms with Gasteiger partial charge in [-0.15, -0.1) is 0 Å². The van der Waals surface area contributed by atoms with Crippen LogP contribution in [0.4, 0.5) is 5.13 Å². The van der Waals surface area contributed by atoms with Crippen molar-refractivity contribution in [1.29, 1.82) is 0 Å². The van der Waals surface area contributed by atoms with Gasteiger partial charge in [0.2, 0.25) is 10.0 Å². The fraction of sp³-hybridized carbons (Fsp3) is 0.700. The lowest BCUT2D eigenvalue weighted by atomic mass is 10.0. The standard InChI is InChI=1S/C10H16BrN3O2S2/c11-9-7-13-10(17-9)14-18(15,16)6-4-8-3-1-2-5-12-8/h7-8,12H,1-6H2,(H,13,14). The maximum absolute atomic E-state index is 11.9. The van der Waals surface area contributed by atoms with Gasteiger partial charge in [0.1, 0.15) is 0 Å². The number of rotatable bonds is 5. The quantitative estimate of drug-likeness (QED) is 0.850. The molecule has 2 rings (SSSR count). The molecule has 1 aromatic rings. The largest absolute Gasteiger partial charge is 0.314 e. The van der Waals surface area contributed by atoms with E-state index in [0.717, 1.165) is 16.8 Å². The molecule has 8 heteroatoms. The molecule has 1 unspecified atom stereocenters. The number of nitrogens with zero attached hydrogens (tertiary/aromatic N) is 1. The maximum Gasteiger partial charge on any atom is 0.234 e. The summed E-state index contributed by atoms with van der Waals surface area (Å²) in [7, 11) is -3.28. The number of aromatic nitrogens is 1. The zero-order valence-electron chi connectivity index (χ0n) is 9.86. The fourth-order valence-electron chi connectivity index (χ4n) is 1.95. The second-order valence-electron chi connectivity index (χ2n) is 4.33. The first-order chi connectivity index (χ1) is 8.55. The van der Waals surface area contributed by atoms with Crippen molar-refractivity contribution in [2.45, 2.75) is 31.7 Å². The summed E-state index contributed by atoms with van der Waals surface area (Å²) in [6.45, 7) is 0.998. The minimum Gasteiger partial charge on any atom is -0.314 e. The molecule has 0 spiro atoms. The minimum absolute atomic E-state index is 0.141. The van der Waals surface area contributed by atoms with E-state index in [-0.39, 0.29) is 5.75 Å². The molecule has 0 aromatic carbocycles. The highest BCUT2D eigenvalue weighted by molar-refractivity contribution is 9.11. The van der Waals surface area contributed by atoms with Gasteiger partial charge in [-0.25, -0.2) is 13.4 Å². The van der Waals surface area contributed by atoms with E-state index in [1.54, 1.807) is 6.20 Å². The number of anilines is 1. The lowest BCUT2D eigenvalue weighted by Gasteiger charge is -2.23. The average molecular weight is 354 g/mol. The Morgan fingerprint density at radius 2 is 2.39 bits per heavy atom. The molecule has 0 saturated carbocycles. The Kier molecular flexibility index (Phi) is 4.99. The van der Waals surface area contributed by atoms with Crippen molar-refractivity contribution in [3.05, 3.63) is 9.98 Å². The Morgan fingerprint density at radius 1 is 1.56 bits per heavy atom. The summed E-state index contributed by atoms with van der Waals surface area (Å²) in [5, 5.41) is 3.76. The second-order valence-corrected chi connectivity index (χ2v) is 8.58. The third kappa shape index (κ3) is 4.49. The van der Waals surface area contributed by atoms with E-state index >= 15 is 0 Å². The van der Waals surface area contributed by atoms with Crippen molar-refractivity contribution in [1.82, 2.24) is 10.3 Å². The van der Waals surface area contributed by atoms with Crippen LogP contribution in [0.2, 0.25) is 0 Å². The van der Waals surface area contributed by atoms with Crippen molar-refractivity contribution in [2.24, 2.45) is 0 Å². The Bertz CT molecular complexity index is 483. The van der Waals surface area contributed by atoms with Crippen LogP contribution in [0.25, 0.3) is 0 Å². The first-order valence-corrected chi connectivity index (χ1v) is 9.16. The van der Waals surface area contributed by atoms with Crippen LogP contribution in [0.1, 0.15) is 25.7 Å². The van der Waals surface area contributed by atoms with E-state index < -0.39 is 10.0 Å². The monoisotopic (exact) mass is 353 g/mol. The first kappa shape index (κ1) is 14.2. The minimum atomic E-state index is -3.28. The van der Waals surface area contributed by atoms with Gasteiger partial charge < -0.3 is 5.32 Å². The molecular weight excluding hydrogens is 338 g/mol. The highest BCUT2D eigenvalue weighted by Crippen LogP contribution is 2.24. The van der Waals surface area contributed by atoms with Crippen LogP contribution >= 0.6 is 27.3 Å². The summed E-state index contributed by atoms with van der Waals surface area (Å²) < 4.78 is 27.0. The summed E-state index contributed by atoms with van der Waals surface area (Å²) in [6.07, 6.45) is 5.69. The third-order valence-electron chi connectivity index (χ3n) is 2.87. The van der Waals surface area contributed by atoms with Gasteiger partial charge in [-0.05, 0) is 41.7 Å². The van der Waals surface area contributed by atoms with Gasteiger partial charge in [0.05, 0.1) is 15.7 Å². The molecule has 0 amide bonds. The SMILES string of the molecule is O=S(=O)(CCC1CCCCN1)Nc1ncc(Br)s1. The van der Waals surface area contributed by atoms with Gasteiger partial charge in [0.25, 0.3) is 0 Å². The molecular formula is C10H16BrN3O2S2. The predicted octanol–water partition coefficient (Wildman–Crippen LogP) is 2.18. The fourth-order valence-corrected chi connectivity index (χ4v) is 4.47. The summed E-state index contributed by atoms with van der Waals surface area (Å²) >= 11 is 4.53. The molecule has 1 atom stereocenters. The smallest absolute Gasteiger partial charge is 0.234 e. The second kappa shape index (κ2) is 6.31. The van der Waals surface area contributed by atoms with Crippen LogP contribution in [-0.2, 0) is 10.0 Å². The number of nitrogens with one attached hydrogen (secondary N) is 2. The molecule has 1 aromatic heterocycles. The van der Waals surface area contributed by atoms with Crippen LogP contribution in [-0.4, -0.2) is 31.7 Å². The van der Waals surface area contributed by atoms with Crippen molar-refractivity contribution < 1.29 is 8.42 Å². The van der Waals surface area contributed by atoms with Gasteiger partial charge in [0.15, 0.2) is 5.13 Å². The zero-order valence-corrected chi connectivity index (χ0v) is 13.1. The molecule has 1 fully saturated rings. The summed E-state index contributed by atoms with van der Waals surface area (Å²) in [5.41, 5.74) is 0. The van der Waals surface area contributed by atoms with Crippen LogP contribution in [0, 0.1) is 0 Å². The van der Waals surface area contributed by atoms with Crippen molar-refractivity contribution in [3.8, 4) is 0 Å². The molecule has 18 heavy (non-hydrogen) atoms. The normalized spacial score (nSPS) is 20.8. The van der Waals surface area contributed by atoms with Crippen LogP contribution in [0.5, 0.6) is 0 Å². The maximum atomic E-state index is 11.9. The molecule has 1 saturated heterocycles. The lowest BCUT2D eigenvalue weighted by molar-refractivity contribution is 0.393. The molecule has 0 bridgehead atoms. The summed E-state index contributed by atoms with van der Waals surface area (Å²) in [5.74, 6) is 0.141. The van der Waals surface area contributed by atoms with E-state index in [0.29, 0.717) is 17.6 Å². The Hall–Kier alpha value is -0.180.